The van der Waals surface area contributed by atoms with Gasteiger partial charge in [-0.3, -0.25) is 14.4 Å². The van der Waals surface area contributed by atoms with E-state index < -0.39 is 6.10 Å². The first-order valence-corrected chi connectivity index (χ1v) is 30.1. The molecule has 6 nitrogen and oxygen atoms in total. The van der Waals surface area contributed by atoms with Crippen molar-refractivity contribution in [2.45, 2.75) is 322 Å². The molecule has 0 amide bonds. The Morgan fingerprint density at radius 2 is 0.522 bits per heavy atom. The standard InChI is InChI=1S/C63H114O6/c1-4-7-10-13-16-19-22-25-27-29-31-32-33-35-36-38-41-44-47-50-53-56-62(65)68-59-60(58-67-61(64)55-52-49-46-43-40-24-21-18-15-12-9-6-3)69-63(66)57-54-51-48-45-42-39-37-34-30-28-26-23-20-17-14-11-8-5-2/h18,21-22,25,29,31,33,35,60H,4-17,19-20,23-24,26-28,30,32,34,36-59H2,1-3H3/b21-18-,25-22-,31-29-,35-33-. The first-order chi connectivity index (χ1) is 34.0. The molecule has 6 heteroatoms. The predicted molar refractivity (Wildman–Crippen MR) is 298 cm³/mol. The van der Waals surface area contributed by atoms with Gasteiger partial charge in [0.1, 0.15) is 13.2 Å². The number of allylic oxidation sites excluding steroid dienone is 8. The van der Waals surface area contributed by atoms with E-state index in [0.29, 0.717) is 19.3 Å². The second-order valence-corrected chi connectivity index (χ2v) is 20.3. The topological polar surface area (TPSA) is 78.9 Å². The smallest absolute Gasteiger partial charge is 0.306 e. The van der Waals surface area contributed by atoms with Crippen molar-refractivity contribution in [3.8, 4) is 0 Å². The van der Waals surface area contributed by atoms with Crippen molar-refractivity contribution in [1.82, 2.24) is 0 Å². The Labute approximate surface area is 428 Å². The van der Waals surface area contributed by atoms with Crippen LogP contribution in [0.4, 0.5) is 0 Å². The Bertz CT molecular complexity index is 1200. The lowest BCUT2D eigenvalue weighted by atomic mass is 10.0. The summed E-state index contributed by atoms with van der Waals surface area (Å²) in [5, 5.41) is 0. The third kappa shape index (κ3) is 56.2. The van der Waals surface area contributed by atoms with Crippen molar-refractivity contribution in [3.63, 3.8) is 0 Å². The highest BCUT2D eigenvalue weighted by Gasteiger charge is 2.19. The minimum Gasteiger partial charge on any atom is -0.462 e. The second kappa shape index (κ2) is 57.9. The summed E-state index contributed by atoms with van der Waals surface area (Å²) in [6.45, 7) is 6.63. The minimum atomic E-state index is -0.780. The molecular formula is C63H114O6. The molecule has 0 saturated heterocycles. The molecule has 0 fully saturated rings. The van der Waals surface area contributed by atoms with Gasteiger partial charge in [0.25, 0.3) is 0 Å². The highest BCUT2D eigenvalue weighted by atomic mass is 16.6. The molecule has 0 aliphatic rings. The van der Waals surface area contributed by atoms with Crippen LogP contribution in [0.15, 0.2) is 48.6 Å². The maximum Gasteiger partial charge on any atom is 0.306 e. The first kappa shape index (κ1) is 66.4. The number of hydrogen-bond donors (Lipinski definition) is 0. The molecule has 0 N–H and O–H groups in total. The van der Waals surface area contributed by atoms with Crippen LogP contribution in [0.3, 0.4) is 0 Å². The number of hydrogen-bond acceptors (Lipinski definition) is 6. The van der Waals surface area contributed by atoms with E-state index in [4.69, 9.17) is 14.2 Å². The number of ether oxygens (including phenoxy) is 3. The van der Waals surface area contributed by atoms with Crippen molar-refractivity contribution in [2.75, 3.05) is 13.2 Å². The van der Waals surface area contributed by atoms with E-state index in [-0.39, 0.29) is 31.1 Å². The van der Waals surface area contributed by atoms with Crippen molar-refractivity contribution in [2.24, 2.45) is 0 Å². The molecule has 0 saturated carbocycles. The average molecular weight is 968 g/mol. The molecule has 0 aromatic carbocycles. The highest BCUT2D eigenvalue weighted by Crippen LogP contribution is 2.16. The molecule has 0 aliphatic carbocycles. The Kier molecular flexibility index (Phi) is 55.7. The summed E-state index contributed by atoms with van der Waals surface area (Å²) in [5.41, 5.74) is 0. The largest absolute Gasteiger partial charge is 0.462 e. The van der Waals surface area contributed by atoms with Gasteiger partial charge in [-0.2, -0.15) is 0 Å². The van der Waals surface area contributed by atoms with Crippen LogP contribution in [-0.4, -0.2) is 37.2 Å². The highest BCUT2D eigenvalue weighted by molar-refractivity contribution is 5.71. The Morgan fingerprint density at radius 3 is 0.855 bits per heavy atom. The van der Waals surface area contributed by atoms with Crippen LogP contribution in [-0.2, 0) is 28.6 Å². The van der Waals surface area contributed by atoms with Gasteiger partial charge in [-0.1, -0.05) is 262 Å². The van der Waals surface area contributed by atoms with E-state index in [1.165, 1.54) is 193 Å². The Hall–Kier alpha value is -2.63. The lowest BCUT2D eigenvalue weighted by molar-refractivity contribution is -0.167. The zero-order valence-corrected chi connectivity index (χ0v) is 46.1. The fourth-order valence-electron chi connectivity index (χ4n) is 8.74. The van der Waals surface area contributed by atoms with Crippen molar-refractivity contribution in [3.05, 3.63) is 48.6 Å². The summed E-state index contributed by atoms with van der Waals surface area (Å²) in [4.78, 5) is 38.2. The van der Waals surface area contributed by atoms with Crippen LogP contribution >= 0.6 is 0 Å². The molecule has 0 aliphatic heterocycles. The maximum absolute atomic E-state index is 12.9. The molecular weight excluding hydrogens is 853 g/mol. The van der Waals surface area contributed by atoms with Crippen LogP contribution in [0.25, 0.3) is 0 Å². The Balaban J connectivity index is 4.33. The van der Waals surface area contributed by atoms with Crippen molar-refractivity contribution < 1.29 is 28.6 Å². The van der Waals surface area contributed by atoms with Gasteiger partial charge in [0, 0.05) is 19.3 Å². The van der Waals surface area contributed by atoms with Gasteiger partial charge in [-0.15, -0.1) is 0 Å². The van der Waals surface area contributed by atoms with Crippen molar-refractivity contribution in [1.29, 1.82) is 0 Å². The maximum atomic E-state index is 12.9. The van der Waals surface area contributed by atoms with Crippen LogP contribution < -0.4 is 0 Å². The van der Waals surface area contributed by atoms with Gasteiger partial charge in [-0.05, 0) is 83.5 Å². The minimum absolute atomic E-state index is 0.0790. The van der Waals surface area contributed by atoms with Crippen molar-refractivity contribution >= 4 is 17.9 Å². The lowest BCUT2D eigenvalue weighted by Crippen LogP contribution is -2.30. The number of carbonyl (C=O) groups excluding carboxylic acids is 3. The molecule has 0 aromatic heterocycles. The first-order valence-electron chi connectivity index (χ1n) is 30.1. The average Bonchev–Trinajstić information content (AvgIpc) is 3.35. The summed E-state index contributed by atoms with van der Waals surface area (Å²) in [6, 6.07) is 0. The van der Waals surface area contributed by atoms with Gasteiger partial charge in [0.05, 0.1) is 0 Å². The quantitative estimate of drug-likeness (QED) is 0.0262. The molecule has 0 spiro atoms. The van der Waals surface area contributed by atoms with E-state index in [2.05, 4.69) is 69.4 Å². The number of unbranched alkanes of at least 4 members (excludes halogenated alkanes) is 36. The van der Waals surface area contributed by atoms with E-state index in [0.717, 1.165) is 83.5 Å². The lowest BCUT2D eigenvalue weighted by Gasteiger charge is -2.18. The Morgan fingerprint density at radius 1 is 0.290 bits per heavy atom. The van der Waals surface area contributed by atoms with E-state index in [9.17, 15) is 14.4 Å². The van der Waals surface area contributed by atoms with Gasteiger partial charge in [-0.25, -0.2) is 0 Å². The number of rotatable bonds is 55. The number of carbonyl (C=O) groups is 3. The fraction of sp³-hybridized carbons (Fsp3) is 0.825. The van der Waals surface area contributed by atoms with Gasteiger partial charge in [0.15, 0.2) is 6.10 Å². The summed E-state index contributed by atoms with van der Waals surface area (Å²) >= 11 is 0. The fourth-order valence-corrected chi connectivity index (χ4v) is 8.74. The zero-order chi connectivity index (χ0) is 50.0. The van der Waals surface area contributed by atoms with Crippen LogP contribution in [0.5, 0.6) is 0 Å². The summed E-state index contributed by atoms with van der Waals surface area (Å²) < 4.78 is 16.9. The molecule has 0 aromatic rings. The summed E-state index contributed by atoms with van der Waals surface area (Å²) in [7, 11) is 0. The zero-order valence-electron chi connectivity index (χ0n) is 46.1. The number of esters is 3. The molecule has 402 valence electrons. The molecule has 0 radical (unpaired) electrons. The molecule has 0 heterocycles. The molecule has 1 unspecified atom stereocenters. The summed E-state index contributed by atoms with van der Waals surface area (Å²) in [6.07, 6.45) is 71.0. The third-order valence-electron chi connectivity index (χ3n) is 13.3. The van der Waals surface area contributed by atoms with Gasteiger partial charge in [0.2, 0.25) is 0 Å². The molecule has 0 rings (SSSR count). The molecule has 69 heavy (non-hydrogen) atoms. The predicted octanol–water partition coefficient (Wildman–Crippen LogP) is 20.2. The van der Waals surface area contributed by atoms with Gasteiger partial charge >= 0.3 is 17.9 Å². The summed E-state index contributed by atoms with van der Waals surface area (Å²) in [5.74, 6) is -0.883. The monoisotopic (exact) mass is 967 g/mol. The van der Waals surface area contributed by atoms with Crippen LogP contribution in [0, 0.1) is 0 Å². The van der Waals surface area contributed by atoms with E-state index in [1.54, 1.807) is 0 Å². The van der Waals surface area contributed by atoms with Crippen LogP contribution in [0.1, 0.15) is 316 Å². The van der Waals surface area contributed by atoms with Gasteiger partial charge < -0.3 is 14.2 Å². The van der Waals surface area contributed by atoms with E-state index >= 15 is 0 Å². The third-order valence-corrected chi connectivity index (χ3v) is 13.3. The van der Waals surface area contributed by atoms with E-state index in [1.807, 2.05) is 0 Å². The molecule has 1 atom stereocenters. The molecule has 0 bridgehead atoms. The second-order valence-electron chi connectivity index (χ2n) is 20.3. The van der Waals surface area contributed by atoms with Crippen LogP contribution in [0.2, 0.25) is 0 Å². The normalized spacial score (nSPS) is 12.3. The SMILES string of the molecule is CCCCC/C=C\CCCCCCCC(=O)OCC(COC(=O)CCCCCCCC/C=C\C/C=C\C/C=C\CCCCCCC)OC(=O)CCCCCCCCCCCCCCCCCCCC.